The molecule has 2 aliphatic heterocycles. The largest absolute Gasteiger partial charge is 0.382 e. The van der Waals surface area contributed by atoms with E-state index in [2.05, 4.69) is 86.6 Å². The van der Waals surface area contributed by atoms with Crippen LogP contribution in [0.25, 0.3) is 5.57 Å². The molecule has 1 unspecified atom stereocenters. The zero-order valence-corrected chi connectivity index (χ0v) is 23.8. The Bertz CT molecular complexity index is 1040. The first-order chi connectivity index (χ1) is 18.0. The number of fused-ring (bicyclic) bond motifs is 1. The molecular formula is C32H48N4O. The van der Waals surface area contributed by atoms with Crippen molar-refractivity contribution in [1.29, 1.82) is 0 Å². The minimum absolute atomic E-state index is 0.363. The van der Waals surface area contributed by atoms with Crippen LogP contribution in [-0.4, -0.2) is 48.3 Å². The molecule has 4 rings (SSSR count). The molecule has 5 heteroatoms. The number of rotatable bonds is 13. The van der Waals surface area contributed by atoms with Crippen molar-refractivity contribution in [2.75, 3.05) is 36.9 Å². The van der Waals surface area contributed by atoms with Gasteiger partial charge in [-0.3, -0.25) is 4.90 Å². The normalized spacial score (nSPS) is 17.3. The fraction of sp³-hybridized carbons (Fsp3) is 0.594. The summed E-state index contributed by atoms with van der Waals surface area (Å²) in [5.41, 5.74) is 7.95. The van der Waals surface area contributed by atoms with Gasteiger partial charge >= 0.3 is 0 Å². The van der Waals surface area contributed by atoms with E-state index in [1.54, 1.807) is 0 Å². The van der Waals surface area contributed by atoms with E-state index in [0.717, 1.165) is 57.7 Å². The number of aromatic nitrogens is 1. The highest BCUT2D eigenvalue weighted by Crippen LogP contribution is 2.36. The number of ether oxygens (including phenoxy) is 1. The van der Waals surface area contributed by atoms with Gasteiger partial charge in [0.15, 0.2) is 0 Å². The molecule has 0 aliphatic carbocycles. The highest BCUT2D eigenvalue weighted by Gasteiger charge is 2.32. The minimum atomic E-state index is 0.363. The van der Waals surface area contributed by atoms with Crippen molar-refractivity contribution in [3.05, 3.63) is 58.8 Å². The van der Waals surface area contributed by atoms with Gasteiger partial charge in [-0.25, -0.2) is 4.98 Å². The van der Waals surface area contributed by atoms with E-state index in [4.69, 9.17) is 9.72 Å². The van der Waals surface area contributed by atoms with Crippen molar-refractivity contribution in [2.24, 2.45) is 0 Å². The van der Waals surface area contributed by atoms with Gasteiger partial charge in [0.1, 0.15) is 5.82 Å². The maximum atomic E-state index is 6.22. The summed E-state index contributed by atoms with van der Waals surface area (Å²) in [6.45, 7) is 15.2. The van der Waals surface area contributed by atoms with Crippen LogP contribution in [0, 0.1) is 0 Å². The zero-order chi connectivity index (χ0) is 26.2. The summed E-state index contributed by atoms with van der Waals surface area (Å²) in [7, 11) is 0. The number of anilines is 2. The number of nitrogens with zero attached hydrogens (tertiary/aromatic N) is 2. The van der Waals surface area contributed by atoms with E-state index in [0.29, 0.717) is 18.2 Å². The Kier molecular flexibility index (Phi) is 10.0. The third kappa shape index (κ3) is 7.36. The van der Waals surface area contributed by atoms with Crippen molar-refractivity contribution in [2.45, 2.75) is 97.8 Å². The quantitative estimate of drug-likeness (QED) is 0.281. The zero-order valence-electron chi connectivity index (χ0n) is 23.8. The van der Waals surface area contributed by atoms with Crippen LogP contribution >= 0.6 is 0 Å². The number of pyridine rings is 1. The van der Waals surface area contributed by atoms with Crippen molar-refractivity contribution < 1.29 is 4.74 Å². The lowest BCUT2D eigenvalue weighted by molar-refractivity contribution is -0.0705. The molecule has 1 atom stereocenters. The fourth-order valence-corrected chi connectivity index (χ4v) is 5.54. The molecule has 1 aromatic heterocycles. The predicted octanol–water partition coefficient (Wildman–Crippen LogP) is 7.25. The first-order valence-corrected chi connectivity index (χ1v) is 14.6. The molecule has 5 nitrogen and oxygen atoms in total. The average molecular weight is 505 g/mol. The Balaban J connectivity index is 1.19. The summed E-state index contributed by atoms with van der Waals surface area (Å²) in [5, 5.41) is 7.19. The summed E-state index contributed by atoms with van der Waals surface area (Å²) >= 11 is 0. The van der Waals surface area contributed by atoms with Crippen LogP contribution in [0.1, 0.15) is 95.1 Å². The number of para-hydroxylation sites is 1. The first kappa shape index (κ1) is 27.7. The number of hydrogen-bond acceptors (Lipinski definition) is 5. The van der Waals surface area contributed by atoms with Crippen LogP contribution in [0.15, 0.2) is 36.4 Å². The van der Waals surface area contributed by atoms with E-state index in [-0.39, 0.29) is 0 Å². The van der Waals surface area contributed by atoms with Crippen LogP contribution in [0.4, 0.5) is 11.5 Å². The summed E-state index contributed by atoms with van der Waals surface area (Å²) in [6, 6.07) is 12.0. The van der Waals surface area contributed by atoms with Gasteiger partial charge in [-0.2, -0.15) is 0 Å². The average Bonchev–Trinajstić information content (AvgIpc) is 2.86. The second kappa shape index (κ2) is 13.4. The molecule has 1 fully saturated rings. The van der Waals surface area contributed by atoms with Gasteiger partial charge in [0.25, 0.3) is 0 Å². The molecule has 0 spiro atoms. The number of likely N-dealkylation sites (tertiary alicyclic amines) is 1. The second-order valence-corrected chi connectivity index (χ2v) is 11.1. The van der Waals surface area contributed by atoms with Gasteiger partial charge in [0.2, 0.25) is 0 Å². The second-order valence-electron chi connectivity index (χ2n) is 11.1. The van der Waals surface area contributed by atoms with Crippen LogP contribution in [-0.2, 0) is 17.6 Å². The van der Waals surface area contributed by atoms with Gasteiger partial charge in [-0.1, -0.05) is 43.7 Å². The Hall–Kier alpha value is -2.37. The van der Waals surface area contributed by atoms with Crippen molar-refractivity contribution in [3.63, 3.8) is 0 Å². The molecular weight excluding hydrogens is 456 g/mol. The number of hydrogen-bond donors (Lipinski definition) is 2. The van der Waals surface area contributed by atoms with Crippen LogP contribution in [0.2, 0.25) is 0 Å². The van der Waals surface area contributed by atoms with Gasteiger partial charge in [-0.15, -0.1) is 0 Å². The van der Waals surface area contributed by atoms with Gasteiger partial charge < -0.3 is 15.4 Å². The first-order valence-electron chi connectivity index (χ1n) is 14.6. The fourth-order valence-electron chi connectivity index (χ4n) is 5.54. The molecule has 37 heavy (non-hydrogen) atoms. The van der Waals surface area contributed by atoms with E-state index >= 15 is 0 Å². The highest BCUT2D eigenvalue weighted by atomic mass is 16.5. The Morgan fingerprint density at radius 3 is 2.78 bits per heavy atom. The predicted molar refractivity (Wildman–Crippen MR) is 157 cm³/mol. The number of benzene rings is 1. The van der Waals surface area contributed by atoms with E-state index in [9.17, 15) is 0 Å². The lowest BCUT2D eigenvalue weighted by atomic mass is 9.94. The molecule has 1 aromatic carbocycles. The lowest BCUT2D eigenvalue weighted by Crippen LogP contribution is -2.53. The molecule has 2 aromatic rings. The van der Waals surface area contributed by atoms with E-state index in [1.165, 1.54) is 52.9 Å². The lowest BCUT2D eigenvalue weighted by Gasteiger charge is -2.43. The van der Waals surface area contributed by atoms with Gasteiger partial charge in [0, 0.05) is 55.3 Å². The number of allylic oxidation sites excluding steroid dienone is 2. The van der Waals surface area contributed by atoms with E-state index < -0.39 is 0 Å². The molecule has 2 N–H and O–H groups in total. The van der Waals surface area contributed by atoms with Crippen molar-refractivity contribution in [3.8, 4) is 0 Å². The summed E-state index contributed by atoms with van der Waals surface area (Å²) in [6.07, 6.45) is 10.7. The topological polar surface area (TPSA) is 49.4 Å². The smallest absolute Gasteiger partial charge is 0.129 e. The maximum Gasteiger partial charge on any atom is 0.129 e. The maximum absolute atomic E-state index is 6.22. The van der Waals surface area contributed by atoms with Crippen molar-refractivity contribution >= 4 is 17.1 Å². The molecule has 202 valence electrons. The molecule has 3 heterocycles. The Morgan fingerprint density at radius 1 is 1.16 bits per heavy atom. The summed E-state index contributed by atoms with van der Waals surface area (Å²) in [5.74, 6) is 1.11. The molecule has 2 aliphatic rings. The SMILES string of the molecule is CC/C=C(\C)c1cccc(C(C)N2CC(OCCCCCc3ccc4c(n3)NCCC4)C2)c1NC(C)C. The van der Waals surface area contributed by atoms with Crippen LogP contribution in [0.3, 0.4) is 0 Å². The number of aryl methyl sites for hydroxylation is 2. The summed E-state index contributed by atoms with van der Waals surface area (Å²) < 4.78 is 6.22. The highest BCUT2D eigenvalue weighted by molar-refractivity contribution is 5.78. The summed E-state index contributed by atoms with van der Waals surface area (Å²) in [4.78, 5) is 7.37. The molecule has 0 radical (unpaired) electrons. The number of unbranched alkanes of at least 4 members (excludes halogenated alkanes) is 2. The third-order valence-electron chi connectivity index (χ3n) is 7.72. The number of nitrogens with one attached hydrogen (secondary N) is 2. The van der Waals surface area contributed by atoms with Gasteiger partial charge in [-0.05, 0) is 89.0 Å². The van der Waals surface area contributed by atoms with Gasteiger partial charge in [0.05, 0.1) is 6.10 Å². The Labute approximate surface area is 225 Å². The Morgan fingerprint density at radius 2 is 2.00 bits per heavy atom. The molecule has 0 amide bonds. The standard InChI is InChI=1S/C32H48N4O/c1-6-12-24(4)29-15-10-16-30(31(29)34-23(2)3)25(5)36-21-28(22-36)37-20-9-7-8-14-27-18-17-26-13-11-19-33-32(26)35-27/h10,12,15-18,23,25,28,34H,6-9,11,13-14,19-22H2,1-5H3,(H,33,35)/b24-12+. The van der Waals surface area contributed by atoms with Crippen molar-refractivity contribution in [1.82, 2.24) is 9.88 Å². The minimum Gasteiger partial charge on any atom is -0.382 e. The monoisotopic (exact) mass is 504 g/mol. The molecule has 0 bridgehead atoms. The van der Waals surface area contributed by atoms with Crippen LogP contribution < -0.4 is 10.6 Å². The molecule has 1 saturated heterocycles. The van der Waals surface area contributed by atoms with Crippen LogP contribution in [0.5, 0.6) is 0 Å². The third-order valence-corrected chi connectivity index (χ3v) is 7.72. The molecule has 0 saturated carbocycles. The van der Waals surface area contributed by atoms with E-state index in [1.807, 2.05) is 0 Å².